The fourth-order valence-corrected chi connectivity index (χ4v) is 2.05. The van der Waals surface area contributed by atoms with Gasteiger partial charge in [0.15, 0.2) is 0 Å². The van der Waals surface area contributed by atoms with Gasteiger partial charge in [0, 0.05) is 37.3 Å². The highest BCUT2D eigenvalue weighted by Crippen LogP contribution is 2.09. The third-order valence-electron chi connectivity index (χ3n) is 3.05. The molecule has 0 atom stereocenters. The number of aliphatic hydroxyl groups excluding tert-OH is 1. The Hall–Kier alpha value is -2.05. The Kier molecular flexibility index (Phi) is 5.40. The van der Waals surface area contributed by atoms with Crippen LogP contribution >= 0.6 is 0 Å². The van der Waals surface area contributed by atoms with Crippen LogP contribution in [0.4, 0.5) is 0 Å². The molecule has 0 aliphatic carbocycles. The van der Waals surface area contributed by atoms with Crippen LogP contribution in [0.5, 0.6) is 0 Å². The number of rotatable bonds is 5. The van der Waals surface area contributed by atoms with Crippen molar-refractivity contribution in [1.82, 2.24) is 9.55 Å². The molecule has 0 saturated heterocycles. The van der Waals surface area contributed by atoms with E-state index < -0.39 is 0 Å². The molecular formula is C17H20N2O. The number of imidazole rings is 1. The topological polar surface area (TPSA) is 38.0 Å². The smallest absolute Gasteiger partial charge is 0.108 e. The largest absolute Gasteiger partial charge is 0.395 e. The Morgan fingerprint density at radius 2 is 2.05 bits per heavy atom. The number of hydrogen-bond donors (Lipinski definition) is 1. The summed E-state index contributed by atoms with van der Waals surface area (Å²) >= 11 is 0. The molecule has 0 amide bonds. The quantitative estimate of drug-likeness (QED) is 0.847. The van der Waals surface area contributed by atoms with E-state index in [1.807, 2.05) is 24.5 Å². The average Bonchev–Trinajstić information content (AvgIpc) is 2.89. The second-order valence-corrected chi connectivity index (χ2v) is 4.69. The molecule has 1 N–H and O–H groups in total. The highest BCUT2D eigenvalue weighted by Gasteiger charge is 2.02. The van der Waals surface area contributed by atoms with Crippen LogP contribution in [-0.4, -0.2) is 21.3 Å². The highest BCUT2D eigenvalue weighted by atomic mass is 16.2. The summed E-state index contributed by atoms with van der Waals surface area (Å²) in [7, 11) is 0. The third kappa shape index (κ3) is 3.97. The molecule has 3 heteroatoms. The van der Waals surface area contributed by atoms with Gasteiger partial charge in [-0.05, 0) is 24.1 Å². The lowest BCUT2D eigenvalue weighted by Gasteiger charge is -2.07. The Morgan fingerprint density at radius 1 is 1.25 bits per heavy atom. The lowest BCUT2D eigenvalue weighted by atomic mass is 10.1. The lowest BCUT2D eigenvalue weighted by Crippen LogP contribution is -2.04. The van der Waals surface area contributed by atoms with E-state index in [-0.39, 0.29) is 6.61 Å². The minimum absolute atomic E-state index is 0.117. The summed E-state index contributed by atoms with van der Waals surface area (Å²) in [5.41, 5.74) is 2.23. The predicted molar refractivity (Wildman–Crippen MR) is 80.3 cm³/mol. The van der Waals surface area contributed by atoms with Crippen molar-refractivity contribution in [3.63, 3.8) is 0 Å². The zero-order valence-electron chi connectivity index (χ0n) is 11.8. The van der Waals surface area contributed by atoms with Crippen molar-refractivity contribution in [3.05, 3.63) is 53.6 Å². The molecule has 1 heterocycles. The monoisotopic (exact) mass is 268 g/mol. The van der Waals surface area contributed by atoms with Gasteiger partial charge >= 0.3 is 0 Å². The van der Waals surface area contributed by atoms with Gasteiger partial charge in [0.1, 0.15) is 5.82 Å². The molecule has 2 rings (SSSR count). The van der Waals surface area contributed by atoms with Gasteiger partial charge < -0.3 is 9.67 Å². The van der Waals surface area contributed by atoms with E-state index in [9.17, 15) is 0 Å². The maximum absolute atomic E-state index is 8.69. The van der Waals surface area contributed by atoms with Crippen LogP contribution in [0, 0.1) is 11.8 Å². The SMILES string of the molecule is CCCc1nccn1Cc1ccc(C#CCCO)cc1. The van der Waals surface area contributed by atoms with Crippen LogP contribution in [0.15, 0.2) is 36.7 Å². The van der Waals surface area contributed by atoms with Crippen molar-refractivity contribution in [1.29, 1.82) is 0 Å². The van der Waals surface area contributed by atoms with Gasteiger partial charge in [-0.1, -0.05) is 30.9 Å². The van der Waals surface area contributed by atoms with Crippen LogP contribution in [-0.2, 0) is 13.0 Å². The first-order valence-electron chi connectivity index (χ1n) is 7.02. The standard InChI is InChI=1S/C17H20N2O/c1-2-5-17-18-11-12-19(17)14-16-9-7-15(8-10-16)6-3-4-13-20/h7-12,20H,2,4-5,13-14H2,1H3. The molecule has 0 bridgehead atoms. The summed E-state index contributed by atoms with van der Waals surface area (Å²) in [6.45, 7) is 3.13. The zero-order valence-corrected chi connectivity index (χ0v) is 11.8. The van der Waals surface area contributed by atoms with E-state index in [4.69, 9.17) is 5.11 Å². The van der Waals surface area contributed by atoms with Gasteiger partial charge in [0.05, 0.1) is 6.61 Å². The van der Waals surface area contributed by atoms with Gasteiger partial charge in [-0.3, -0.25) is 0 Å². The average molecular weight is 268 g/mol. The molecule has 1 aromatic carbocycles. The predicted octanol–water partition coefficient (Wildman–Crippen LogP) is 2.62. The molecule has 2 aromatic rings. The first-order valence-corrected chi connectivity index (χ1v) is 7.02. The van der Waals surface area contributed by atoms with E-state index in [1.54, 1.807) is 0 Å². The first kappa shape index (κ1) is 14.4. The Labute approximate surface area is 120 Å². The van der Waals surface area contributed by atoms with Crippen molar-refractivity contribution in [3.8, 4) is 11.8 Å². The van der Waals surface area contributed by atoms with E-state index in [1.165, 1.54) is 5.56 Å². The molecule has 0 fully saturated rings. The van der Waals surface area contributed by atoms with Gasteiger partial charge in [0.2, 0.25) is 0 Å². The van der Waals surface area contributed by atoms with Crippen molar-refractivity contribution in [2.24, 2.45) is 0 Å². The van der Waals surface area contributed by atoms with Gasteiger partial charge in [-0.15, -0.1) is 0 Å². The second-order valence-electron chi connectivity index (χ2n) is 4.69. The third-order valence-corrected chi connectivity index (χ3v) is 3.05. The molecule has 3 nitrogen and oxygen atoms in total. The van der Waals surface area contributed by atoms with E-state index in [0.29, 0.717) is 6.42 Å². The van der Waals surface area contributed by atoms with Gasteiger partial charge in [-0.2, -0.15) is 0 Å². The maximum Gasteiger partial charge on any atom is 0.108 e. The molecule has 20 heavy (non-hydrogen) atoms. The van der Waals surface area contributed by atoms with Crippen molar-refractivity contribution in [2.75, 3.05) is 6.61 Å². The zero-order chi connectivity index (χ0) is 14.2. The number of aryl methyl sites for hydroxylation is 1. The summed E-state index contributed by atoms with van der Waals surface area (Å²) in [5, 5.41) is 8.69. The minimum atomic E-state index is 0.117. The number of nitrogens with zero attached hydrogens (tertiary/aromatic N) is 2. The second kappa shape index (κ2) is 7.52. The molecule has 0 unspecified atom stereocenters. The summed E-state index contributed by atoms with van der Waals surface area (Å²) in [4.78, 5) is 4.39. The summed E-state index contributed by atoms with van der Waals surface area (Å²) in [6, 6.07) is 8.24. The molecule has 0 radical (unpaired) electrons. The molecular weight excluding hydrogens is 248 g/mol. The van der Waals surface area contributed by atoms with Crippen molar-refractivity contribution < 1.29 is 5.11 Å². The minimum Gasteiger partial charge on any atom is -0.395 e. The summed E-state index contributed by atoms with van der Waals surface area (Å²) < 4.78 is 2.19. The molecule has 1 aromatic heterocycles. The van der Waals surface area contributed by atoms with E-state index in [2.05, 4.69) is 40.4 Å². The fourth-order valence-electron chi connectivity index (χ4n) is 2.05. The number of aliphatic hydroxyl groups is 1. The molecule has 0 aliphatic rings. The lowest BCUT2D eigenvalue weighted by molar-refractivity contribution is 0.305. The fraction of sp³-hybridized carbons (Fsp3) is 0.353. The van der Waals surface area contributed by atoms with Crippen LogP contribution in [0.3, 0.4) is 0 Å². The summed E-state index contributed by atoms with van der Waals surface area (Å²) in [6.07, 6.45) is 6.53. The van der Waals surface area contributed by atoms with Gasteiger partial charge in [0.25, 0.3) is 0 Å². The number of benzene rings is 1. The Bertz CT molecular complexity index is 587. The van der Waals surface area contributed by atoms with E-state index in [0.717, 1.165) is 30.8 Å². The molecule has 0 aliphatic heterocycles. The normalized spacial score (nSPS) is 10.1. The number of aromatic nitrogens is 2. The number of hydrogen-bond acceptors (Lipinski definition) is 2. The molecule has 104 valence electrons. The molecule has 0 saturated carbocycles. The van der Waals surface area contributed by atoms with Crippen LogP contribution in [0.2, 0.25) is 0 Å². The Balaban J connectivity index is 2.03. The van der Waals surface area contributed by atoms with Crippen molar-refractivity contribution >= 4 is 0 Å². The van der Waals surface area contributed by atoms with E-state index >= 15 is 0 Å². The van der Waals surface area contributed by atoms with Crippen LogP contribution in [0.1, 0.15) is 36.7 Å². The highest BCUT2D eigenvalue weighted by molar-refractivity contribution is 5.36. The summed E-state index contributed by atoms with van der Waals surface area (Å²) in [5.74, 6) is 7.10. The van der Waals surface area contributed by atoms with Crippen LogP contribution in [0.25, 0.3) is 0 Å². The van der Waals surface area contributed by atoms with Gasteiger partial charge in [-0.25, -0.2) is 4.98 Å². The maximum atomic E-state index is 8.69. The Morgan fingerprint density at radius 3 is 2.75 bits per heavy atom. The first-order chi connectivity index (χ1) is 9.83. The van der Waals surface area contributed by atoms with Crippen LogP contribution < -0.4 is 0 Å². The van der Waals surface area contributed by atoms with Crippen molar-refractivity contribution in [2.45, 2.75) is 32.7 Å². The molecule has 0 spiro atoms.